The van der Waals surface area contributed by atoms with Gasteiger partial charge in [0, 0.05) is 12.0 Å². The Hall–Kier alpha value is -2.80. The van der Waals surface area contributed by atoms with E-state index < -0.39 is 5.54 Å². The zero-order chi connectivity index (χ0) is 19.9. The van der Waals surface area contributed by atoms with Crippen molar-refractivity contribution >= 4 is 5.69 Å². The molecule has 0 saturated heterocycles. The van der Waals surface area contributed by atoms with Gasteiger partial charge >= 0.3 is 0 Å². The van der Waals surface area contributed by atoms with Crippen LogP contribution in [0.25, 0.3) is 0 Å². The topological polar surface area (TPSA) is 81.9 Å². The van der Waals surface area contributed by atoms with Crippen LogP contribution in [-0.2, 0) is 6.42 Å². The number of nitrogens with zero attached hydrogens (tertiary/aromatic N) is 2. The average molecular weight is 374 g/mol. The number of ether oxygens (including phenoxy) is 4. The third kappa shape index (κ3) is 4.68. The third-order valence-electron chi connectivity index (χ3n) is 4.18. The highest BCUT2D eigenvalue weighted by molar-refractivity contribution is 5.59. The van der Waals surface area contributed by atoms with Gasteiger partial charge in [-0.25, -0.2) is 0 Å². The lowest BCUT2D eigenvalue weighted by Crippen LogP contribution is -2.29. The second-order valence-electron chi connectivity index (χ2n) is 6.20. The van der Waals surface area contributed by atoms with Crippen LogP contribution < -0.4 is 18.9 Å². The molecule has 0 bridgehead atoms. The number of hydrogen-bond acceptors (Lipinski definition) is 7. The molecule has 0 radical (unpaired) electrons. The molecule has 0 fully saturated rings. The summed E-state index contributed by atoms with van der Waals surface area (Å²) in [6.07, 6.45) is 0.416. The van der Waals surface area contributed by atoms with Crippen molar-refractivity contribution in [1.29, 1.82) is 0 Å². The second kappa shape index (κ2) is 9.23. The summed E-state index contributed by atoms with van der Waals surface area (Å²) in [5, 5.41) is 18.7. The van der Waals surface area contributed by atoms with Crippen molar-refractivity contribution < 1.29 is 24.1 Å². The molecular weight excluding hydrogens is 348 g/mol. The second-order valence-corrected chi connectivity index (χ2v) is 6.20. The van der Waals surface area contributed by atoms with Crippen LogP contribution in [0.3, 0.4) is 0 Å². The summed E-state index contributed by atoms with van der Waals surface area (Å²) in [5.41, 5.74) is 0.535. The van der Waals surface area contributed by atoms with Crippen LogP contribution >= 0.6 is 0 Å². The molecule has 146 valence electrons. The van der Waals surface area contributed by atoms with E-state index in [0.29, 0.717) is 35.1 Å². The molecule has 0 amide bonds. The first-order valence-electron chi connectivity index (χ1n) is 8.46. The van der Waals surface area contributed by atoms with Gasteiger partial charge in [0.1, 0.15) is 11.2 Å². The first kappa shape index (κ1) is 20.5. The van der Waals surface area contributed by atoms with E-state index in [1.54, 1.807) is 46.6 Å². The quantitative estimate of drug-likeness (QED) is 0.675. The summed E-state index contributed by atoms with van der Waals surface area (Å²) in [5.74, 6) is 2.30. The molecule has 0 aromatic heterocycles. The minimum absolute atomic E-state index is 0.191. The van der Waals surface area contributed by atoms with Crippen molar-refractivity contribution in [2.45, 2.75) is 18.9 Å². The molecule has 0 spiro atoms. The van der Waals surface area contributed by atoms with Gasteiger partial charge in [-0.1, -0.05) is 18.2 Å². The summed E-state index contributed by atoms with van der Waals surface area (Å²) in [4.78, 5) is 0. The van der Waals surface area contributed by atoms with Gasteiger partial charge in [-0.05, 0) is 25.1 Å². The van der Waals surface area contributed by atoms with E-state index in [0.717, 1.165) is 5.56 Å². The van der Waals surface area contributed by atoms with Gasteiger partial charge < -0.3 is 24.1 Å². The van der Waals surface area contributed by atoms with Crippen LogP contribution in [0.1, 0.15) is 12.5 Å². The highest BCUT2D eigenvalue weighted by Crippen LogP contribution is 2.38. The number of benzene rings is 2. The van der Waals surface area contributed by atoms with E-state index in [4.69, 9.17) is 18.9 Å². The summed E-state index contributed by atoms with van der Waals surface area (Å²) in [6.45, 7) is 1.63. The van der Waals surface area contributed by atoms with E-state index in [1.807, 2.05) is 25.1 Å². The van der Waals surface area contributed by atoms with E-state index in [1.165, 1.54) is 0 Å². The van der Waals surface area contributed by atoms with Crippen LogP contribution in [0.15, 0.2) is 46.6 Å². The highest BCUT2D eigenvalue weighted by atomic mass is 16.5. The van der Waals surface area contributed by atoms with E-state index in [2.05, 4.69) is 10.2 Å². The van der Waals surface area contributed by atoms with Gasteiger partial charge in [0.05, 0.1) is 35.0 Å². The predicted molar refractivity (Wildman–Crippen MR) is 103 cm³/mol. The number of hydrogen-bond donors (Lipinski definition) is 1. The largest absolute Gasteiger partial charge is 0.493 e. The van der Waals surface area contributed by atoms with Crippen LogP contribution in [-0.4, -0.2) is 45.7 Å². The first-order chi connectivity index (χ1) is 13.0. The Morgan fingerprint density at radius 3 is 2.00 bits per heavy atom. The number of azo groups is 1. The third-order valence-corrected chi connectivity index (χ3v) is 4.18. The molecule has 0 aliphatic carbocycles. The fourth-order valence-corrected chi connectivity index (χ4v) is 2.75. The molecule has 0 aliphatic rings. The monoisotopic (exact) mass is 374 g/mol. The average Bonchev–Trinajstić information content (AvgIpc) is 2.71. The zero-order valence-corrected chi connectivity index (χ0v) is 16.4. The Labute approximate surface area is 159 Å². The van der Waals surface area contributed by atoms with Crippen LogP contribution in [0, 0.1) is 0 Å². The molecule has 27 heavy (non-hydrogen) atoms. The maximum absolute atomic E-state index is 9.96. The molecule has 1 N–H and O–H groups in total. The molecule has 7 nitrogen and oxygen atoms in total. The molecule has 2 aromatic carbocycles. The van der Waals surface area contributed by atoms with Gasteiger partial charge in [0.2, 0.25) is 0 Å². The summed E-state index contributed by atoms with van der Waals surface area (Å²) in [7, 11) is 6.27. The van der Waals surface area contributed by atoms with Crippen molar-refractivity contribution in [3.63, 3.8) is 0 Å². The fraction of sp³-hybridized carbons (Fsp3) is 0.400. The minimum atomic E-state index is -0.853. The standard InChI is InChI=1S/C20H26N2O5/c1-20(13-23,12-14-8-6-10-16(24-2)18(14)26-4)22-21-15-9-7-11-17(25-3)19(15)27-5/h6-11,23H,12-13H2,1-5H3. The number of aliphatic hydroxyl groups is 1. The van der Waals surface area contributed by atoms with Crippen molar-refractivity contribution in [3.8, 4) is 23.0 Å². The number of methoxy groups -OCH3 is 4. The zero-order valence-electron chi connectivity index (χ0n) is 16.4. The van der Waals surface area contributed by atoms with Crippen LogP contribution in [0.2, 0.25) is 0 Å². The number of rotatable bonds is 9. The normalized spacial score (nSPS) is 13.3. The smallest absolute Gasteiger partial charge is 0.188 e. The molecule has 7 heteroatoms. The van der Waals surface area contributed by atoms with Crippen molar-refractivity contribution in [2.75, 3.05) is 35.0 Å². The molecule has 1 atom stereocenters. The molecule has 2 rings (SSSR count). The van der Waals surface area contributed by atoms with Crippen molar-refractivity contribution in [2.24, 2.45) is 10.2 Å². The predicted octanol–water partition coefficient (Wildman–Crippen LogP) is 3.80. The molecule has 1 unspecified atom stereocenters. The Kier molecular flexibility index (Phi) is 7.01. The highest BCUT2D eigenvalue weighted by Gasteiger charge is 2.26. The van der Waals surface area contributed by atoms with Gasteiger partial charge in [-0.3, -0.25) is 0 Å². The minimum Gasteiger partial charge on any atom is -0.493 e. The molecule has 0 aliphatic heterocycles. The SMILES string of the molecule is COc1cccc(CC(C)(CO)N=Nc2cccc(OC)c2OC)c1OC. The Balaban J connectivity index is 2.35. The van der Waals surface area contributed by atoms with E-state index >= 15 is 0 Å². The summed E-state index contributed by atoms with van der Waals surface area (Å²) >= 11 is 0. The van der Waals surface area contributed by atoms with Crippen LogP contribution in [0.5, 0.6) is 23.0 Å². The maximum atomic E-state index is 9.96. The van der Waals surface area contributed by atoms with Gasteiger partial charge in [-0.2, -0.15) is 10.2 Å². The summed E-state index contributed by atoms with van der Waals surface area (Å²) in [6, 6.07) is 11.0. The van der Waals surface area contributed by atoms with Gasteiger partial charge in [0.25, 0.3) is 0 Å². The number of aliphatic hydroxyl groups excluding tert-OH is 1. The Morgan fingerprint density at radius 1 is 0.852 bits per heavy atom. The van der Waals surface area contributed by atoms with Crippen molar-refractivity contribution in [1.82, 2.24) is 0 Å². The van der Waals surface area contributed by atoms with E-state index in [9.17, 15) is 5.11 Å². The van der Waals surface area contributed by atoms with Gasteiger partial charge in [-0.15, -0.1) is 0 Å². The molecule has 0 heterocycles. The lowest BCUT2D eigenvalue weighted by Gasteiger charge is -2.23. The first-order valence-corrected chi connectivity index (χ1v) is 8.46. The van der Waals surface area contributed by atoms with Crippen LogP contribution in [0.4, 0.5) is 5.69 Å². The maximum Gasteiger partial charge on any atom is 0.188 e. The molecule has 0 saturated carbocycles. The number of para-hydroxylation sites is 2. The van der Waals surface area contributed by atoms with Gasteiger partial charge in [0.15, 0.2) is 23.0 Å². The van der Waals surface area contributed by atoms with E-state index in [-0.39, 0.29) is 6.61 Å². The Morgan fingerprint density at radius 2 is 1.44 bits per heavy atom. The summed E-state index contributed by atoms with van der Waals surface area (Å²) < 4.78 is 21.5. The lowest BCUT2D eigenvalue weighted by molar-refractivity contribution is 0.203. The molecular formula is C20H26N2O5. The fourth-order valence-electron chi connectivity index (χ4n) is 2.75. The Bertz CT molecular complexity index is 794. The molecule has 2 aromatic rings. The van der Waals surface area contributed by atoms with Crippen molar-refractivity contribution in [3.05, 3.63) is 42.0 Å². The lowest BCUT2D eigenvalue weighted by atomic mass is 9.94.